The molecule has 0 amide bonds. The molecule has 2 aromatic heterocycles. The molecule has 1 aromatic carbocycles. The standard InChI is InChI=1S/C13H7BrCl2S2/c14-13-8(15)6-11(18-13)12(16)10-5-7-3-1-2-4-9(7)17-10/h1-6,12H. The molecule has 3 rings (SSSR count). The van der Waals surface area contributed by atoms with E-state index in [0.29, 0.717) is 0 Å². The fraction of sp³-hybridized carbons (Fsp3) is 0.0769. The number of benzene rings is 1. The Balaban J connectivity index is 2.03. The molecule has 0 saturated heterocycles. The molecule has 0 saturated carbocycles. The Kier molecular flexibility index (Phi) is 3.70. The number of hydrogen-bond donors (Lipinski definition) is 0. The van der Waals surface area contributed by atoms with Crippen LogP contribution in [0.25, 0.3) is 10.1 Å². The molecule has 92 valence electrons. The highest BCUT2D eigenvalue weighted by molar-refractivity contribution is 9.11. The lowest BCUT2D eigenvalue weighted by molar-refractivity contribution is 1.24. The third-order valence-electron chi connectivity index (χ3n) is 2.61. The number of thiophene rings is 2. The smallest absolute Gasteiger partial charge is 0.102 e. The Morgan fingerprint density at radius 2 is 1.78 bits per heavy atom. The number of hydrogen-bond acceptors (Lipinski definition) is 2. The summed E-state index contributed by atoms with van der Waals surface area (Å²) in [6.45, 7) is 0. The average Bonchev–Trinajstić information content (AvgIpc) is 2.93. The molecule has 0 bridgehead atoms. The van der Waals surface area contributed by atoms with Crippen molar-refractivity contribution in [2.24, 2.45) is 0 Å². The molecule has 0 aliphatic heterocycles. The first-order valence-electron chi connectivity index (χ1n) is 5.22. The summed E-state index contributed by atoms with van der Waals surface area (Å²) >= 11 is 19.3. The van der Waals surface area contributed by atoms with Gasteiger partial charge in [0.15, 0.2) is 0 Å². The van der Waals surface area contributed by atoms with Crippen molar-refractivity contribution in [2.45, 2.75) is 5.38 Å². The Hall–Kier alpha value is -0.0600. The van der Waals surface area contributed by atoms with Gasteiger partial charge < -0.3 is 0 Å². The van der Waals surface area contributed by atoms with E-state index in [1.54, 1.807) is 22.7 Å². The van der Waals surface area contributed by atoms with Crippen LogP contribution in [0.15, 0.2) is 40.2 Å². The van der Waals surface area contributed by atoms with E-state index < -0.39 is 0 Å². The zero-order chi connectivity index (χ0) is 12.7. The Morgan fingerprint density at radius 1 is 1.06 bits per heavy atom. The molecule has 5 heteroatoms. The normalized spacial score (nSPS) is 13.1. The van der Waals surface area contributed by atoms with Gasteiger partial charge in [0.25, 0.3) is 0 Å². The van der Waals surface area contributed by atoms with Crippen LogP contribution in [0.5, 0.6) is 0 Å². The maximum absolute atomic E-state index is 6.53. The van der Waals surface area contributed by atoms with Gasteiger partial charge in [0.05, 0.1) is 8.81 Å². The predicted octanol–water partition coefficient (Wildman–Crippen LogP) is 6.71. The van der Waals surface area contributed by atoms with Crippen molar-refractivity contribution < 1.29 is 0 Å². The Bertz CT molecular complexity index is 649. The third-order valence-corrected chi connectivity index (χ3v) is 7.06. The zero-order valence-electron chi connectivity index (χ0n) is 8.99. The van der Waals surface area contributed by atoms with E-state index in [-0.39, 0.29) is 5.38 Å². The van der Waals surface area contributed by atoms with Crippen molar-refractivity contribution in [3.8, 4) is 0 Å². The topological polar surface area (TPSA) is 0 Å². The largest absolute Gasteiger partial charge is 0.138 e. The van der Waals surface area contributed by atoms with Gasteiger partial charge in [-0.25, -0.2) is 0 Å². The van der Waals surface area contributed by atoms with E-state index in [0.717, 1.165) is 18.6 Å². The highest BCUT2D eigenvalue weighted by atomic mass is 79.9. The van der Waals surface area contributed by atoms with Gasteiger partial charge in [0, 0.05) is 14.5 Å². The van der Waals surface area contributed by atoms with Crippen LogP contribution in [0.1, 0.15) is 15.1 Å². The minimum atomic E-state index is -0.129. The quantitative estimate of drug-likeness (QED) is 0.435. The Labute approximate surface area is 131 Å². The van der Waals surface area contributed by atoms with Crippen molar-refractivity contribution in [3.63, 3.8) is 0 Å². The molecule has 18 heavy (non-hydrogen) atoms. The van der Waals surface area contributed by atoms with Crippen LogP contribution >= 0.6 is 61.8 Å². The average molecular weight is 378 g/mol. The van der Waals surface area contributed by atoms with Gasteiger partial charge in [-0.1, -0.05) is 29.8 Å². The van der Waals surface area contributed by atoms with Crippen molar-refractivity contribution in [2.75, 3.05) is 0 Å². The monoisotopic (exact) mass is 376 g/mol. The summed E-state index contributed by atoms with van der Waals surface area (Å²) in [5.74, 6) is 0. The van der Waals surface area contributed by atoms with Gasteiger partial charge in [0.2, 0.25) is 0 Å². The molecule has 3 aromatic rings. The first-order valence-corrected chi connectivity index (χ1v) is 8.46. The van der Waals surface area contributed by atoms with Gasteiger partial charge in [-0.15, -0.1) is 34.3 Å². The second-order valence-corrected chi connectivity index (χ2v) is 8.18. The lowest BCUT2D eigenvalue weighted by Crippen LogP contribution is -1.84. The number of fused-ring (bicyclic) bond motifs is 1. The van der Waals surface area contributed by atoms with E-state index in [2.05, 4.69) is 34.1 Å². The number of rotatable bonds is 2. The van der Waals surface area contributed by atoms with Gasteiger partial charge in [0.1, 0.15) is 5.38 Å². The van der Waals surface area contributed by atoms with E-state index >= 15 is 0 Å². The molecule has 0 fully saturated rings. The molecule has 1 unspecified atom stereocenters. The Morgan fingerprint density at radius 3 is 2.44 bits per heavy atom. The van der Waals surface area contributed by atoms with Crippen LogP contribution in [-0.4, -0.2) is 0 Å². The van der Waals surface area contributed by atoms with Crippen LogP contribution in [-0.2, 0) is 0 Å². The molecule has 0 N–H and O–H groups in total. The van der Waals surface area contributed by atoms with Gasteiger partial charge in [-0.05, 0) is 39.5 Å². The van der Waals surface area contributed by atoms with Crippen LogP contribution in [0.4, 0.5) is 0 Å². The first kappa shape index (κ1) is 12.9. The summed E-state index contributed by atoms with van der Waals surface area (Å²) in [5.41, 5.74) is 0. The van der Waals surface area contributed by atoms with E-state index in [9.17, 15) is 0 Å². The van der Waals surface area contributed by atoms with Crippen molar-refractivity contribution in [3.05, 3.63) is 55.0 Å². The molecular weight excluding hydrogens is 371 g/mol. The zero-order valence-corrected chi connectivity index (χ0v) is 13.7. The second-order valence-electron chi connectivity index (χ2n) is 3.82. The summed E-state index contributed by atoms with van der Waals surface area (Å²) in [6, 6.07) is 12.4. The van der Waals surface area contributed by atoms with Crippen molar-refractivity contribution in [1.29, 1.82) is 0 Å². The van der Waals surface area contributed by atoms with Gasteiger partial charge >= 0.3 is 0 Å². The van der Waals surface area contributed by atoms with Crippen LogP contribution < -0.4 is 0 Å². The number of alkyl halides is 1. The summed E-state index contributed by atoms with van der Waals surface area (Å²) in [5, 5.41) is 1.84. The summed E-state index contributed by atoms with van der Waals surface area (Å²) in [4.78, 5) is 2.23. The minimum absolute atomic E-state index is 0.129. The maximum atomic E-state index is 6.53. The molecule has 0 spiro atoms. The lowest BCUT2D eigenvalue weighted by atomic mass is 10.2. The van der Waals surface area contributed by atoms with Gasteiger partial charge in [-0.2, -0.15) is 0 Å². The molecule has 0 aliphatic rings. The predicted molar refractivity (Wildman–Crippen MR) is 86.6 cm³/mol. The highest BCUT2D eigenvalue weighted by Crippen LogP contribution is 2.43. The van der Waals surface area contributed by atoms with Gasteiger partial charge in [-0.3, -0.25) is 0 Å². The SMILES string of the molecule is Clc1cc(C(Cl)c2cc3ccccc3s2)sc1Br. The van der Waals surface area contributed by atoms with E-state index in [4.69, 9.17) is 23.2 Å². The molecule has 0 nitrogen and oxygen atoms in total. The lowest BCUT2D eigenvalue weighted by Gasteiger charge is -2.02. The third kappa shape index (κ3) is 2.35. The van der Waals surface area contributed by atoms with Crippen molar-refractivity contribution in [1.82, 2.24) is 0 Å². The van der Waals surface area contributed by atoms with Crippen LogP contribution in [0.2, 0.25) is 5.02 Å². The molecule has 0 aliphatic carbocycles. The summed E-state index contributed by atoms with van der Waals surface area (Å²) in [6.07, 6.45) is 0. The highest BCUT2D eigenvalue weighted by Gasteiger charge is 2.17. The van der Waals surface area contributed by atoms with E-state index in [1.807, 2.05) is 18.2 Å². The second kappa shape index (κ2) is 5.14. The molecule has 2 heterocycles. The summed E-state index contributed by atoms with van der Waals surface area (Å²) < 4.78 is 2.20. The van der Waals surface area contributed by atoms with Crippen molar-refractivity contribution >= 4 is 71.9 Å². The molecular formula is C13H7BrCl2S2. The first-order chi connectivity index (χ1) is 8.65. The molecule has 1 atom stereocenters. The summed E-state index contributed by atoms with van der Waals surface area (Å²) in [7, 11) is 0. The fourth-order valence-electron chi connectivity index (χ4n) is 1.76. The number of halogens is 3. The molecule has 0 radical (unpaired) electrons. The fourth-order valence-corrected chi connectivity index (χ4v) is 5.03. The van der Waals surface area contributed by atoms with Crippen LogP contribution in [0.3, 0.4) is 0 Å². The maximum Gasteiger partial charge on any atom is 0.102 e. The van der Waals surface area contributed by atoms with Crippen LogP contribution in [0, 0.1) is 0 Å². The van der Waals surface area contributed by atoms with E-state index in [1.165, 1.54) is 10.1 Å². The minimum Gasteiger partial charge on any atom is -0.138 e.